The molecule has 1 N–H and O–H groups in total. The molecule has 0 radical (unpaired) electrons. The number of carbonyl (C=O) groups is 2. The fourth-order valence-electron chi connectivity index (χ4n) is 3.44. The summed E-state index contributed by atoms with van der Waals surface area (Å²) in [6, 6.07) is -0.511. The van der Waals surface area contributed by atoms with Crippen molar-refractivity contribution in [2.24, 2.45) is 11.8 Å². The first-order chi connectivity index (χ1) is 8.66. The molecule has 0 spiro atoms. The third-order valence-electron chi connectivity index (χ3n) is 4.61. The lowest BCUT2D eigenvalue weighted by Crippen LogP contribution is -2.63. The molecule has 3 rings (SSSR count). The molecule has 0 aromatic carbocycles. The van der Waals surface area contributed by atoms with Gasteiger partial charge in [0.25, 0.3) is 0 Å². The van der Waals surface area contributed by atoms with E-state index in [9.17, 15) is 9.59 Å². The van der Waals surface area contributed by atoms with Gasteiger partial charge in [-0.3, -0.25) is 9.59 Å². The van der Waals surface area contributed by atoms with Crippen molar-refractivity contribution in [1.29, 1.82) is 0 Å². The van der Waals surface area contributed by atoms with Crippen LogP contribution in [0.1, 0.15) is 45.4 Å². The van der Waals surface area contributed by atoms with Crippen LogP contribution in [0.3, 0.4) is 0 Å². The molecule has 100 valence electrons. The zero-order valence-corrected chi connectivity index (χ0v) is 11.0. The van der Waals surface area contributed by atoms with Crippen LogP contribution >= 0.6 is 0 Å². The van der Waals surface area contributed by atoms with Gasteiger partial charge in [0.15, 0.2) is 0 Å². The van der Waals surface area contributed by atoms with E-state index in [-0.39, 0.29) is 23.9 Å². The standard InChI is InChI=1S/C14H22N2O2/c1-9-14(18)16(8-10-4-2-3-5-10)12(11-6-7-11)13(17)15-9/h9-12H,2-8H2,1H3,(H,15,17). The molecule has 1 aliphatic heterocycles. The zero-order chi connectivity index (χ0) is 12.7. The number of hydrogen-bond acceptors (Lipinski definition) is 2. The summed E-state index contributed by atoms with van der Waals surface area (Å²) in [5.41, 5.74) is 0. The number of amides is 2. The fourth-order valence-corrected chi connectivity index (χ4v) is 3.44. The molecular formula is C14H22N2O2. The van der Waals surface area contributed by atoms with Gasteiger partial charge < -0.3 is 10.2 Å². The highest BCUT2D eigenvalue weighted by Gasteiger charge is 2.47. The summed E-state index contributed by atoms with van der Waals surface area (Å²) in [7, 11) is 0. The first kappa shape index (κ1) is 12.0. The molecule has 0 aromatic heterocycles. The second-order valence-corrected chi connectivity index (χ2v) is 6.15. The molecule has 2 amide bonds. The Hall–Kier alpha value is -1.06. The molecule has 2 aliphatic carbocycles. The van der Waals surface area contributed by atoms with Gasteiger partial charge in [-0.2, -0.15) is 0 Å². The molecule has 2 atom stereocenters. The average Bonchev–Trinajstić information content (AvgIpc) is 3.02. The summed E-state index contributed by atoms with van der Waals surface area (Å²) in [5, 5.41) is 2.83. The minimum Gasteiger partial charge on any atom is -0.343 e. The fraction of sp³-hybridized carbons (Fsp3) is 0.857. The van der Waals surface area contributed by atoms with Gasteiger partial charge in [0.05, 0.1) is 0 Å². The number of carbonyl (C=O) groups excluding carboxylic acids is 2. The topological polar surface area (TPSA) is 49.4 Å². The molecule has 0 aromatic rings. The van der Waals surface area contributed by atoms with Gasteiger partial charge in [-0.05, 0) is 44.4 Å². The van der Waals surface area contributed by atoms with Gasteiger partial charge in [-0.15, -0.1) is 0 Å². The van der Waals surface area contributed by atoms with Gasteiger partial charge in [-0.25, -0.2) is 0 Å². The second-order valence-electron chi connectivity index (χ2n) is 6.15. The van der Waals surface area contributed by atoms with E-state index < -0.39 is 0 Å². The molecule has 3 fully saturated rings. The Labute approximate surface area is 108 Å². The normalized spacial score (nSPS) is 33.9. The molecule has 0 bridgehead atoms. The molecule has 4 heteroatoms. The number of piperazine rings is 1. The predicted molar refractivity (Wildman–Crippen MR) is 67.8 cm³/mol. The number of nitrogens with zero attached hydrogens (tertiary/aromatic N) is 1. The van der Waals surface area contributed by atoms with E-state index in [1.165, 1.54) is 25.7 Å². The van der Waals surface area contributed by atoms with E-state index in [1.54, 1.807) is 6.92 Å². The van der Waals surface area contributed by atoms with Gasteiger partial charge >= 0.3 is 0 Å². The van der Waals surface area contributed by atoms with Gasteiger partial charge in [0, 0.05) is 6.54 Å². The maximum absolute atomic E-state index is 12.3. The largest absolute Gasteiger partial charge is 0.343 e. The van der Waals surface area contributed by atoms with Crippen molar-refractivity contribution >= 4 is 11.8 Å². The Morgan fingerprint density at radius 3 is 2.44 bits per heavy atom. The second kappa shape index (κ2) is 4.56. The highest BCUT2D eigenvalue weighted by Crippen LogP contribution is 2.38. The molecule has 2 saturated carbocycles. The molecule has 2 unspecified atom stereocenters. The third-order valence-corrected chi connectivity index (χ3v) is 4.61. The van der Waals surface area contributed by atoms with Crippen molar-refractivity contribution in [1.82, 2.24) is 10.2 Å². The van der Waals surface area contributed by atoms with Crippen molar-refractivity contribution in [3.8, 4) is 0 Å². The summed E-state index contributed by atoms with van der Waals surface area (Å²) < 4.78 is 0. The van der Waals surface area contributed by atoms with Crippen molar-refractivity contribution in [2.45, 2.75) is 57.5 Å². The lowest BCUT2D eigenvalue weighted by Gasteiger charge is -2.39. The Bertz CT molecular complexity index is 359. The summed E-state index contributed by atoms with van der Waals surface area (Å²) in [6.07, 6.45) is 7.20. The summed E-state index contributed by atoms with van der Waals surface area (Å²) in [4.78, 5) is 26.3. The molecular weight excluding hydrogens is 228 g/mol. The minimum atomic E-state index is -0.339. The molecule has 4 nitrogen and oxygen atoms in total. The average molecular weight is 250 g/mol. The van der Waals surface area contributed by atoms with Crippen LogP contribution in [-0.4, -0.2) is 35.3 Å². The quantitative estimate of drug-likeness (QED) is 0.821. The Morgan fingerprint density at radius 1 is 1.17 bits per heavy atom. The van der Waals surface area contributed by atoms with Crippen LogP contribution in [0.15, 0.2) is 0 Å². The smallest absolute Gasteiger partial charge is 0.245 e. The Balaban J connectivity index is 1.75. The summed E-state index contributed by atoms with van der Waals surface area (Å²) in [6.45, 7) is 2.60. The number of hydrogen-bond donors (Lipinski definition) is 1. The monoisotopic (exact) mass is 250 g/mol. The molecule has 3 aliphatic rings. The number of nitrogens with one attached hydrogen (secondary N) is 1. The molecule has 18 heavy (non-hydrogen) atoms. The van der Waals surface area contributed by atoms with Crippen LogP contribution < -0.4 is 5.32 Å². The molecule has 1 saturated heterocycles. The SMILES string of the molecule is CC1NC(=O)C(C2CC2)N(CC2CCCC2)C1=O. The maximum atomic E-state index is 12.3. The first-order valence-electron chi connectivity index (χ1n) is 7.27. The van der Waals surface area contributed by atoms with Gasteiger partial charge in [-0.1, -0.05) is 12.8 Å². The van der Waals surface area contributed by atoms with Crippen molar-refractivity contribution in [3.05, 3.63) is 0 Å². The van der Waals surface area contributed by atoms with E-state index in [0.29, 0.717) is 11.8 Å². The van der Waals surface area contributed by atoms with E-state index in [2.05, 4.69) is 5.32 Å². The lowest BCUT2D eigenvalue weighted by molar-refractivity contribution is -0.150. The first-order valence-corrected chi connectivity index (χ1v) is 7.27. The molecule has 1 heterocycles. The van der Waals surface area contributed by atoms with E-state index >= 15 is 0 Å². The Morgan fingerprint density at radius 2 is 1.83 bits per heavy atom. The van der Waals surface area contributed by atoms with Crippen LogP contribution in [0.4, 0.5) is 0 Å². The van der Waals surface area contributed by atoms with Crippen molar-refractivity contribution < 1.29 is 9.59 Å². The van der Waals surface area contributed by atoms with Crippen LogP contribution in [0.5, 0.6) is 0 Å². The highest BCUT2D eigenvalue weighted by atomic mass is 16.2. The van der Waals surface area contributed by atoms with Crippen LogP contribution in [-0.2, 0) is 9.59 Å². The zero-order valence-electron chi connectivity index (χ0n) is 11.0. The van der Waals surface area contributed by atoms with Gasteiger partial charge in [0.2, 0.25) is 11.8 Å². The van der Waals surface area contributed by atoms with Crippen LogP contribution in [0, 0.1) is 11.8 Å². The Kier molecular flexibility index (Phi) is 3.04. The minimum absolute atomic E-state index is 0.0718. The summed E-state index contributed by atoms with van der Waals surface area (Å²) in [5.74, 6) is 1.23. The van der Waals surface area contributed by atoms with Crippen LogP contribution in [0.25, 0.3) is 0 Å². The maximum Gasteiger partial charge on any atom is 0.245 e. The predicted octanol–water partition coefficient (Wildman–Crippen LogP) is 1.30. The number of rotatable bonds is 3. The van der Waals surface area contributed by atoms with Crippen LogP contribution in [0.2, 0.25) is 0 Å². The lowest BCUT2D eigenvalue weighted by atomic mass is 10.00. The van der Waals surface area contributed by atoms with E-state index in [1.807, 2.05) is 4.90 Å². The third kappa shape index (κ3) is 2.13. The van der Waals surface area contributed by atoms with Gasteiger partial charge in [0.1, 0.15) is 12.1 Å². The highest BCUT2D eigenvalue weighted by molar-refractivity contribution is 5.97. The van der Waals surface area contributed by atoms with E-state index in [4.69, 9.17) is 0 Å². The summed E-state index contributed by atoms with van der Waals surface area (Å²) >= 11 is 0. The van der Waals surface area contributed by atoms with E-state index in [0.717, 1.165) is 19.4 Å². The van der Waals surface area contributed by atoms with Crippen molar-refractivity contribution in [3.63, 3.8) is 0 Å². The van der Waals surface area contributed by atoms with Crippen molar-refractivity contribution in [2.75, 3.05) is 6.54 Å².